The first-order valence-corrected chi connectivity index (χ1v) is 7.14. The van der Waals surface area contributed by atoms with Crippen molar-refractivity contribution >= 4 is 23.2 Å². The third-order valence-electron chi connectivity index (χ3n) is 2.99. The zero-order valence-corrected chi connectivity index (χ0v) is 12.7. The predicted octanol–water partition coefficient (Wildman–Crippen LogP) is 4.34. The molecule has 0 saturated carbocycles. The Labute approximate surface area is 124 Å². The van der Waals surface area contributed by atoms with E-state index in [1.54, 1.807) is 0 Å². The smallest absolute Gasteiger partial charge is 0.0642 e. The van der Waals surface area contributed by atoms with Crippen molar-refractivity contribution in [2.24, 2.45) is 0 Å². The predicted molar refractivity (Wildman–Crippen MR) is 82.0 cm³/mol. The molecule has 0 unspecified atom stereocenters. The van der Waals surface area contributed by atoms with E-state index in [9.17, 15) is 0 Å². The van der Waals surface area contributed by atoms with Crippen molar-refractivity contribution in [1.29, 1.82) is 0 Å². The molecule has 19 heavy (non-hydrogen) atoms. The molecular formula is C15H18Cl2N2. The highest BCUT2D eigenvalue weighted by molar-refractivity contribution is 6.42. The van der Waals surface area contributed by atoms with Gasteiger partial charge in [-0.25, -0.2) is 0 Å². The monoisotopic (exact) mass is 296 g/mol. The maximum atomic E-state index is 6.23. The van der Waals surface area contributed by atoms with Gasteiger partial charge in [-0.3, -0.25) is 0 Å². The van der Waals surface area contributed by atoms with Gasteiger partial charge in [0.2, 0.25) is 0 Å². The van der Waals surface area contributed by atoms with E-state index in [1.807, 2.05) is 18.2 Å². The van der Waals surface area contributed by atoms with Gasteiger partial charge in [0.25, 0.3) is 0 Å². The lowest BCUT2D eigenvalue weighted by molar-refractivity contribution is 0.564. The third kappa shape index (κ3) is 3.75. The Morgan fingerprint density at radius 3 is 2.68 bits per heavy atom. The van der Waals surface area contributed by atoms with Crippen LogP contribution in [0, 0.1) is 0 Å². The molecule has 0 saturated heterocycles. The van der Waals surface area contributed by atoms with E-state index in [0.717, 1.165) is 18.7 Å². The van der Waals surface area contributed by atoms with Gasteiger partial charge >= 0.3 is 0 Å². The van der Waals surface area contributed by atoms with Gasteiger partial charge in [-0.2, -0.15) is 0 Å². The number of nitrogens with one attached hydrogen (secondary N) is 1. The van der Waals surface area contributed by atoms with Gasteiger partial charge in [-0.05, 0) is 23.8 Å². The molecule has 0 bridgehead atoms. The minimum Gasteiger partial charge on any atom is -0.346 e. The number of aromatic nitrogens is 1. The summed E-state index contributed by atoms with van der Waals surface area (Å²) in [5.74, 6) is 0. The fraction of sp³-hybridized carbons (Fsp3) is 0.333. The van der Waals surface area contributed by atoms with Crippen LogP contribution in [0.15, 0.2) is 36.5 Å². The zero-order chi connectivity index (χ0) is 13.8. The Kier molecular flexibility index (Phi) is 4.92. The maximum absolute atomic E-state index is 6.23. The minimum absolute atomic E-state index is 0.470. The lowest BCUT2D eigenvalue weighted by atomic mass is 10.2. The molecule has 4 heteroatoms. The number of rotatable bonds is 5. The van der Waals surface area contributed by atoms with Crippen molar-refractivity contribution in [2.75, 3.05) is 0 Å². The second-order valence-corrected chi connectivity index (χ2v) is 5.66. The summed E-state index contributed by atoms with van der Waals surface area (Å²) in [4.78, 5) is 0. The van der Waals surface area contributed by atoms with E-state index in [2.05, 4.69) is 42.1 Å². The summed E-state index contributed by atoms with van der Waals surface area (Å²) >= 11 is 12.3. The molecule has 0 aliphatic heterocycles. The van der Waals surface area contributed by atoms with E-state index >= 15 is 0 Å². The average Bonchev–Trinajstić information content (AvgIpc) is 2.80. The summed E-state index contributed by atoms with van der Waals surface area (Å²) in [6.07, 6.45) is 2.06. The lowest BCUT2D eigenvalue weighted by Crippen LogP contribution is -2.23. The molecule has 0 radical (unpaired) electrons. The van der Waals surface area contributed by atoms with Gasteiger partial charge in [0.15, 0.2) is 0 Å². The molecule has 0 amide bonds. The van der Waals surface area contributed by atoms with Crippen LogP contribution in [0.2, 0.25) is 10.0 Å². The molecular weight excluding hydrogens is 279 g/mol. The van der Waals surface area contributed by atoms with Crippen LogP contribution in [-0.2, 0) is 13.1 Å². The largest absolute Gasteiger partial charge is 0.346 e. The fourth-order valence-corrected chi connectivity index (χ4v) is 2.31. The van der Waals surface area contributed by atoms with Crippen molar-refractivity contribution in [2.45, 2.75) is 33.0 Å². The standard InChI is InChI=1S/C15H18Cl2N2/c1-11(2)18-9-13-6-4-8-19(13)10-12-5-3-7-14(16)15(12)17/h3-8,11,18H,9-10H2,1-2H3. The summed E-state index contributed by atoms with van der Waals surface area (Å²) in [6, 6.07) is 10.4. The molecule has 2 rings (SSSR count). The first kappa shape index (κ1) is 14.4. The zero-order valence-electron chi connectivity index (χ0n) is 11.2. The Bertz CT molecular complexity index is 547. The summed E-state index contributed by atoms with van der Waals surface area (Å²) in [5.41, 5.74) is 2.28. The van der Waals surface area contributed by atoms with Gasteiger partial charge in [0.1, 0.15) is 0 Å². The van der Waals surface area contributed by atoms with Crippen molar-refractivity contribution in [3.63, 3.8) is 0 Å². The van der Waals surface area contributed by atoms with Crippen LogP contribution in [0.3, 0.4) is 0 Å². The molecule has 0 atom stereocenters. The molecule has 0 spiro atoms. The number of halogens is 2. The number of nitrogens with zero attached hydrogens (tertiary/aromatic N) is 1. The second kappa shape index (κ2) is 6.47. The summed E-state index contributed by atoms with van der Waals surface area (Å²) in [7, 11) is 0. The Morgan fingerprint density at radius 1 is 1.16 bits per heavy atom. The normalized spacial score (nSPS) is 11.2. The number of hydrogen-bond acceptors (Lipinski definition) is 1. The molecule has 102 valence electrons. The van der Waals surface area contributed by atoms with Gasteiger partial charge in [0.05, 0.1) is 10.0 Å². The SMILES string of the molecule is CC(C)NCc1cccn1Cc1cccc(Cl)c1Cl. The molecule has 1 N–H and O–H groups in total. The first-order chi connectivity index (χ1) is 9.08. The van der Waals surface area contributed by atoms with E-state index < -0.39 is 0 Å². The minimum atomic E-state index is 0.470. The van der Waals surface area contributed by atoms with E-state index in [4.69, 9.17) is 23.2 Å². The van der Waals surface area contributed by atoms with Gasteiger partial charge < -0.3 is 9.88 Å². The van der Waals surface area contributed by atoms with Crippen LogP contribution in [-0.4, -0.2) is 10.6 Å². The number of hydrogen-bond donors (Lipinski definition) is 1. The molecule has 1 heterocycles. The Balaban J connectivity index is 2.15. The highest BCUT2D eigenvalue weighted by Crippen LogP contribution is 2.26. The summed E-state index contributed by atoms with van der Waals surface area (Å²) in [5, 5.41) is 4.66. The highest BCUT2D eigenvalue weighted by Gasteiger charge is 2.07. The molecule has 0 fully saturated rings. The van der Waals surface area contributed by atoms with Gasteiger partial charge in [-0.15, -0.1) is 0 Å². The van der Waals surface area contributed by atoms with Crippen LogP contribution in [0.4, 0.5) is 0 Å². The second-order valence-electron chi connectivity index (χ2n) is 4.88. The van der Waals surface area contributed by atoms with Crippen LogP contribution in [0.5, 0.6) is 0 Å². The van der Waals surface area contributed by atoms with Crippen LogP contribution < -0.4 is 5.32 Å². The molecule has 0 aliphatic rings. The van der Waals surface area contributed by atoms with Gasteiger partial charge in [0, 0.05) is 31.0 Å². The fourth-order valence-electron chi connectivity index (χ4n) is 1.93. The van der Waals surface area contributed by atoms with E-state index in [-0.39, 0.29) is 0 Å². The third-order valence-corrected chi connectivity index (χ3v) is 3.85. The first-order valence-electron chi connectivity index (χ1n) is 6.38. The summed E-state index contributed by atoms with van der Waals surface area (Å²) < 4.78 is 2.19. The average molecular weight is 297 g/mol. The molecule has 1 aromatic heterocycles. The van der Waals surface area contributed by atoms with Crippen LogP contribution in [0.25, 0.3) is 0 Å². The Morgan fingerprint density at radius 2 is 1.95 bits per heavy atom. The van der Waals surface area contributed by atoms with Gasteiger partial charge in [-0.1, -0.05) is 49.2 Å². The quantitative estimate of drug-likeness (QED) is 0.868. The molecule has 0 aliphatic carbocycles. The highest BCUT2D eigenvalue weighted by atomic mass is 35.5. The topological polar surface area (TPSA) is 17.0 Å². The van der Waals surface area contributed by atoms with Crippen molar-refractivity contribution in [1.82, 2.24) is 9.88 Å². The maximum Gasteiger partial charge on any atom is 0.0642 e. The van der Waals surface area contributed by atoms with Crippen molar-refractivity contribution < 1.29 is 0 Å². The van der Waals surface area contributed by atoms with Crippen molar-refractivity contribution in [3.8, 4) is 0 Å². The van der Waals surface area contributed by atoms with Crippen LogP contribution in [0.1, 0.15) is 25.1 Å². The van der Waals surface area contributed by atoms with E-state index in [1.165, 1.54) is 5.69 Å². The molecule has 1 aromatic carbocycles. The molecule has 2 aromatic rings. The number of benzene rings is 1. The lowest BCUT2D eigenvalue weighted by Gasteiger charge is -2.13. The summed E-state index contributed by atoms with van der Waals surface area (Å²) in [6.45, 7) is 5.87. The van der Waals surface area contributed by atoms with Crippen LogP contribution >= 0.6 is 23.2 Å². The Hall–Kier alpha value is -0.960. The van der Waals surface area contributed by atoms with E-state index in [0.29, 0.717) is 16.1 Å². The molecule has 2 nitrogen and oxygen atoms in total. The van der Waals surface area contributed by atoms with Crippen molar-refractivity contribution in [3.05, 3.63) is 57.8 Å².